The van der Waals surface area contributed by atoms with Gasteiger partial charge in [-0.3, -0.25) is 4.79 Å². The van der Waals surface area contributed by atoms with Gasteiger partial charge < -0.3 is 15.0 Å². The Balaban J connectivity index is 1.57. The minimum Gasteiger partial charge on any atom is -0.476 e. The van der Waals surface area contributed by atoms with Gasteiger partial charge in [0.15, 0.2) is 0 Å². The molecule has 2 heterocycles. The largest absolute Gasteiger partial charge is 0.476 e. The van der Waals surface area contributed by atoms with Crippen molar-refractivity contribution in [2.75, 3.05) is 26.7 Å². The summed E-state index contributed by atoms with van der Waals surface area (Å²) in [6, 6.07) is 4.30. The Hall–Kier alpha value is -1.62. The predicted molar refractivity (Wildman–Crippen MR) is 98.7 cm³/mol. The summed E-state index contributed by atoms with van der Waals surface area (Å²) in [5.74, 6) is 1.81. The van der Waals surface area contributed by atoms with Crippen molar-refractivity contribution in [1.82, 2.24) is 15.2 Å². The van der Waals surface area contributed by atoms with Gasteiger partial charge in [-0.25, -0.2) is 4.98 Å². The smallest absolute Gasteiger partial charge is 0.229 e. The molecule has 2 aliphatic rings. The van der Waals surface area contributed by atoms with E-state index < -0.39 is 5.41 Å². The van der Waals surface area contributed by atoms with E-state index in [1.807, 2.05) is 19.9 Å². The molecule has 1 aromatic rings. The maximum absolute atomic E-state index is 12.8. The van der Waals surface area contributed by atoms with Crippen LogP contribution in [0.2, 0.25) is 0 Å². The van der Waals surface area contributed by atoms with Crippen molar-refractivity contribution in [1.29, 1.82) is 0 Å². The number of ether oxygens (including phenoxy) is 1. The van der Waals surface area contributed by atoms with Gasteiger partial charge in [0.1, 0.15) is 6.61 Å². The van der Waals surface area contributed by atoms with Crippen LogP contribution in [0.25, 0.3) is 0 Å². The number of piperidine rings is 1. The average Bonchev–Trinajstić information content (AvgIpc) is 3.40. The molecule has 0 aromatic carbocycles. The van der Waals surface area contributed by atoms with Crippen LogP contribution in [-0.4, -0.2) is 48.6 Å². The van der Waals surface area contributed by atoms with E-state index in [0.717, 1.165) is 19.5 Å². The van der Waals surface area contributed by atoms with Crippen LogP contribution >= 0.6 is 0 Å². The molecule has 1 N–H and O–H groups in total. The highest BCUT2D eigenvalue weighted by Crippen LogP contribution is 2.43. The van der Waals surface area contributed by atoms with Gasteiger partial charge in [0, 0.05) is 24.3 Å². The van der Waals surface area contributed by atoms with Gasteiger partial charge in [0.05, 0.1) is 5.41 Å². The van der Waals surface area contributed by atoms with E-state index in [4.69, 9.17) is 4.74 Å². The highest BCUT2D eigenvalue weighted by atomic mass is 16.5. The lowest BCUT2D eigenvalue weighted by Crippen LogP contribution is -2.52. The lowest BCUT2D eigenvalue weighted by atomic mass is 9.89. The molecule has 0 spiro atoms. The number of likely N-dealkylation sites (tertiary alicyclic amines) is 1. The Kier molecular flexibility index (Phi) is 5.32. The number of nitrogens with zero attached hydrogens (tertiary/aromatic N) is 2. The van der Waals surface area contributed by atoms with Gasteiger partial charge in [-0.05, 0) is 64.6 Å². The molecule has 2 atom stereocenters. The summed E-state index contributed by atoms with van der Waals surface area (Å²) in [7, 11) is 2.14. The number of hydrogen-bond acceptors (Lipinski definition) is 4. The van der Waals surface area contributed by atoms with Crippen LogP contribution in [0.15, 0.2) is 18.3 Å². The summed E-state index contributed by atoms with van der Waals surface area (Å²) in [4.78, 5) is 19.5. The first-order chi connectivity index (χ1) is 11.9. The van der Waals surface area contributed by atoms with Gasteiger partial charge in [-0.15, -0.1) is 0 Å². The molecule has 25 heavy (non-hydrogen) atoms. The van der Waals surface area contributed by atoms with Crippen molar-refractivity contribution in [3.8, 4) is 5.88 Å². The zero-order valence-electron chi connectivity index (χ0n) is 15.9. The van der Waals surface area contributed by atoms with E-state index in [0.29, 0.717) is 24.3 Å². The molecule has 3 rings (SSSR count). The number of rotatable bonds is 6. The van der Waals surface area contributed by atoms with E-state index in [2.05, 4.69) is 35.2 Å². The quantitative estimate of drug-likeness (QED) is 0.861. The molecule has 1 aliphatic carbocycles. The molecule has 1 amide bonds. The summed E-state index contributed by atoms with van der Waals surface area (Å²) in [6.07, 6.45) is 5.18. The maximum Gasteiger partial charge on any atom is 0.229 e. The van der Waals surface area contributed by atoms with Crippen molar-refractivity contribution < 1.29 is 9.53 Å². The van der Waals surface area contributed by atoms with Gasteiger partial charge in [0.25, 0.3) is 0 Å². The van der Waals surface area contributed by atoms with Gasteiger partial charge >= 0.3 is 0 Å². The zero-order valence-corrected chi connectivity index (χ0v) is 15.9. The fraction of sp³-hybridized carbons (Fsp3) is 0.700. The number of aromatic nitrogens is 1. The Morgan fingerprint density at radius 2 is 2.16 bits per heavy atom. The third kappa shape index (κ3) is 4.51. The fourth-order valence-corrected chi connectivity index (χ4v) is 3.48. The molecule has 1 saturated carbocycles. The Labute approximate surface area is 151 Å². The third-order valence-corrected chi connectivity index (χ3v) is 5.43. The van der Waals surface area contributed by atoms with E-state index >= 15 is 0 Å². The minimum atomic E-state index is -0.582. The topological polar surface area (TPSA) is 54.5 Å². The molecule has 2 fully saturated rings. The maximum atomic E-state index is 12.8. The van der Waals surface area contributed by atoms with E-state index in [1.54, 1.807) is 6.20 Å². The SMILES string of the molecule is C[C@@H]1CN(C)CC[C@@H]1NC(=O)C(C)(C)COc1ncccc1C1CC1. The normalized spacial score (nSPS) is 24.8. The fourth-order valence-electron chi connectivity index (χ4n) is 3.48. The van der Waals surface area contributed by atoms with Crippen LogP contribution < -0.4 is 10.1 Å². The van der Waals surface area contributed by atoms with Gasteiger partial charge in [0.2, 0.25) is 11.8 Å². The first-order valence-electron chi connectivity index (χ1n) is 9.44. The average molecular weight is 345 g/mol. The third-order valence-electron chi connectivity index (χ3n) is 5.43. The summed E-state index contributed by atoms with van der Waals surface area (Å²) >= 11 is 0. The van der Waals surface area contributed by atoms with Crippen LogP contribution in [-0.2, 0) is 4.79 Å². The molecule has 1 saturated heterocycles. The van der Waals surface area contributed by atoms with Gasteiger partial charge in [-0.1, -0.05) is 13.0 Å². The zero-order chi connectivity index (χ0) is 18.0. The Morgan fingerprint density at radius 3 is 2.84 bits per heavy atom. The summed E-state index contributed by atoms with van der Waals surface area (Å²) < 4.78 is 5.98. The number of carbonyl (C=O) groups excluding carboxylic acids is 1. The second kappa shape index (κ2) is 7.32. The molecule has 0 bridgehead atoms. The highest BCUT2D eigenvalue weighted by Gasteiger charge is 2.34. The van der Waals surface area contributed by atoms with Crippen LogP contribution in [0, 0.1) is 11.3 Å². The van der Waals surface area contributed by atoms with Crippen molar-refractivity contribution in [3.63, 3.8) is 0 Å². The van der Waals surface area contributed by atoms with E-state index in [-0.39, 0.29) is 11.9 Å². The van der Waals surface area contributed by atoms with E-state index in [1.165, 1.54) is 18.4 Å². The predicted octanol–water partition coefficient (Wildman–Crippen LogP) is 2.82. The first kappa shape index (κ1) is 18.2. The lowest BCUT2D eigenvalue weighted by Gasteiger charge is -2.37. The molecule has 138 valence electrons. The lowest BCUT2D eigenvalue weighted by molar-refractivity contribution is -0.132. The van der Waals surface area contributed by atoms with Crippen LogP contribution in [0.1, 0.15) is 51.5 Å². The molecule has 5 nitrogen and oxygen atoms in total. The summed E-state index contributed by atoms with van der Waals surface area (Å²) in [6.45, 7) is 8.51. The number of amides is 1. The first-order valence-corrected chi connectivity index (χ1v) is 9.44. The molecule has 1 aromatic heterocycles. The van der Waals surface area contributed by atoms with E-state index in [9.17, 15) is 4.79 Å². The monoisotopic (exact) mass is 345 g/mol. The summed E-state index contributed by atoms with van der Waals surface area (Å²) in [5.41, 5.74) is 0.601. The van der Waals surface area contributed by atoms with Crippen molar-refractivity contribution >= 4 is 5.91 Å². The van der Waals surface area contributed by atoms with Crippen LogP contribution in [0.5, 0.6) is 5.88 Å². The molecule has 0 radical (unpaired) electrons. The van der Waals surface area contributed by atoms with Crippen molar-refractivity contribution in [2.45, 2.75) is 52.0 Å². The standard InChI is InChI=1S/C20H31N3O2/c1-14-12-23(4)11-9-17(14)22-19(24)20(2,3)13-25-18-16(15-7-8-15)6-5-10-21-18/h5-6,10,14-15,17H,7-9,11-13H2,1-4H3,(H,22,24)/t14-,17+/m1/s1. The summed E-state index contributed by atoms with van der Waals surface area (Å²) in [5, 5.41) is 3.25. The molecular formula is C20H31N3O2. The minimum absolute atomic E-state index is 0.0674. The molecule has 5 heteroatoms. The second-order valence-corrected chi connectivity index (χ2v) is 8.45. The molecule has 0 unspecified atom stereocenters. The Morgan fingerprint density at radius 1 is 1.40 bits per heavy atom. The van der Waals surface area contributed by atoms with Gasteiger partial charge in [-0.2, -0.15) is 0 Å². The van der Waals surface area contributed by atoms with Crippen molar-refractivity contribution in [2.24, 2.45) is 11.3 Å². The number of carbonyl (C=O) groups is 1. The van der Waals surface area contributed by atoms with Crippen molar-refractivity contribution in [3.05, 3.63) is 23.9 Å². The molecule has 1 aliphatic heterocycles. The van der Waals surface area contributed by atoms with Crippen LogP contribution in [0.3, 0.4) is 0 Å². The number of nitrogens with one attached hydrogen (secondary N) is 1. The highest BCUT2D eigenvalue weighted by molar-refractivity contribution is 5.82. The number of hydrogen-bond donors (Lipinski definition) is 1. The Bertz CT molecular complexity index is 613. The second-order valence-electron chi connectivity index (χ2n) is 8.45. The molecular weight excluding hydrogens is 314 g/mol. The number of pyridine rings is 1. The van der Waals surface area contributed by atoms with Crippen LogP contribution in [0.4, 0.5) is 0 Å².